The van der Waals surface area contributed by atoms with Crippen LogP contribution in [0.3, 0.4) is 0 Å². The van der Waals surface area contributed by atoms with Crippen molar-refractivity contribution in [1.29, 1.82) is 5.26 Å². The molecule has 0 aromatic carbocycles. The van der Waals surface area contributed by atoms with Gasteiger partial charge in [0, 0.05) is 6.54 Å². The Hall–Kier alpha value is -1.08. The van der Waals surface area contributed by atoms with Gasteiger partial charge in [0.15, 0.2) is 0 Å². The molecule has 4 heteroatoms. The molecule has 0 aliphatic rings. The minimum Gasteiger partial charge on any atom is -0.353 e. The zero-order valence-corrected chi connectivity index (χ0v) is 8.48. The summed E-state index contributed by atoms with van der Waals surface area (Å²) in [7, 11) is 0. The van der Waals surface area contributed by atoms with E-state index in [9.17, 15) is 4.79 Å². The number of likely N-dealkylation sites (N-methyl/N-ethyl adjacent to an activating group) is 1. The highest BCUT2D eigenvalue weighted by Gasteiger charge is 2.25. The third-order valence-electron chi connectivity index (χ3n) is 1.71. The fourth-order valence-electron chi connectivity index (χ4n) is 0.975. The van der Waals surface area contributed by atoms with Crippen LogP contribution in [0.2, 0.25) is 0 Å². The van der Waals surface area contributed by atoms with E-state index in [1.165, 1.54) is 0 Å². The van der Waals surface area contributed by atoms with Crippen molar-refractivity contribution >= 4 is 5.91 Å². The van der Waals surface area contributed by atoms with Crippen molar-refractivity contribution < 1.29 is 4.79 Å². The zero-order chi connectivity index (χ0) is 10.3. The van der Waals surface area contributed by atoms with Crippen LogP contribution in [0, 0.1) is 11.3 Å². The first-order valence-corrected chi connectivity index (χ1v) is 4.45. The molecule has 1 amide bonds. The molecule has 0 fully saturated rings. The molecule has 0 saturated heterocycles. The fraction of sp³-hybridized carbons (Fsp3) is 0.778. The Labute approximate surface area is 79.3 Å². The number of rotatable bonds is 5. The maximum Gasteiger partial charge on any atom is 0.239 e. The van der Waals surface area contributed by atoms with Gasteiger partial charge in [0.2, 0.25) is 5.91 Å². The topological polar surface area (TPSA) is 64.9 Å². The molecular weight excluding hydrogens is 166 g/mol. The summed E-state index contributed by atoms with van der Waals surface area (Å²) in [5.74, 6) is -0.0652. The maximum absolute atomic E-state index is 11.4. The second-order valence-corrected chi connectivity index (χ2v) is 3.32. The standard InChI is InChI=1S/C9H17N3O/c1-4-12-9(2,3)8(13)11-7-5-6-10/h12H,4-5,7H2,1-3H3,(H,11,13). The van der Waals surface area contributed by atoms with Crippen molar-refractivity contribution in [2.24, 2.45) is 0 Å². The van der Waals surface area contributed by atoms with Crippen molar-refractivity contribution in [1.82, 2.24) is 10.6 Å². The van der Waals surface area contributed by atoms with E-state index in [1.807, 2.05) is 26.8 Å². The average molecular weight is 183 g/mol. The fourth-order valence-corrected chi connectivity index (χ4v) is 0.975. The van der Waals surface area contributed by atoms with E-state index in [0.717, 1.165) is 6.54 Å². The van der Waals surface area contributed by atoms with Crippen LogP contribution in [-0.2, 0) is 4.79 Å². The van der Waals surface area contributed by atoms with E-state index in [2.05, 4.69) is 10.6 Å². The predicted octanol–water partition coefficient (Wildman–Crippen LogP) is 0.404. The van der Waals surface area contributed by atoms with E-state index in [4.69, 9.17) is 5.26 Å². The quantitative estimate of drug-likeness (QED) is 0.606. The molecular formula is C9H17N3O. The van der Waals surface area contributed by atoms with Crippen molar-refractivity contribution in [2.45, 2.75) is 32.7 Å². The molecule has 0 aromatic heterocycles. The van der Waals surface area contributed by atoms with Crippen LogP contribution in [0.15, 0.2) is 0 Å². The summed E-state index contributed by atoms with van der Waals surface area (Å²) < 4.78 is 0. The van der Waals surface area contributed by atoms with Crippen LogP contribution in [-0.4, -0.2) is 24.5 Å². The van der Waals surface area contributed by atoms with Gasteiger partial charge in [-0.25, -0.2) is 0 Å². The molecule has 0 atom stereocenters. The number of nitrogens with one attached hydrogen (secondary N) is 2. The highest BCUT2D eigenvalue weighted by molar-refractivity contribution is 5.85. The third-order valence-corrected chi connectivity index (χ3v) is 1.71. The van der Waals surface area contributed by atoms with Gasteiger partial charge in [-0.3, -0.25) is 4.79 Å². The lowest BCUT2D eigenvalue weighted by atomic mass is 10.0. The lowest BCUT2D eigenvalue weighted by Gasteiger charge is -2.24. The van der Waals surface area contributed by atoms with Gasteiger partial charge in [-0.2, -0.15) is 5.26 Å². The number of nitriles is 1. The smallest absolute Gasteiger partial charge is 0.239 e. The summed E-state index contributed by atoms with van der Waals surface area (Å²) in [5, 5.41) is 14.0. The highest BCUT2D eigenvalue weighted by atomic mass is 16.2. The number of carbonyl (C=O) groups is 1. The maximum atomic E-state index is 11.4. The summed E-state index contributed by atoms with van der Waals surface area (Å²) in [6.07, 6.45) is 0.355. The largest absolute Gasteiger partial charge is 0.353 e. The number of nitrogens with zero attached hydrogens (tertiary/aromatic N) is 1. The number of carbonyl (C=O) groups excluding carboxylic acids is 1. The number of amides is 1. The monoisotopic (exact) mass is 183 g/mol. The summed E-state index contributed by atoms with van der Waals surface area (Å²) >= 11 is 0. The van der Waals surface area contributed by atoms with Gasteiger partial charge in [0.25, 0.3) is 0 Å². The predicted molar refractivity (Wildman–Crippen MR) is 51.0 cm³/mol. The molecule has 0 saturated carbocycles. The number of hydrogen-bond acceptors (Lipinski definition) is 3. The molecule has 2 N–H and O–H groups in total. The highest BCUT2D eigenvalue weighted by Crippen LogP contribution is 2.00. The molecule has 74 valence electrons. The molecule has 0 heterocycles. The SMILES string of the molecule is CCNC(C)(C)C(=O)NCCC#N. The molecule has 0 unspecified atom stereocenters. The first-order chi connectivity index (χ1) is 6.04. The summed E-state index contributed by atoms with van der Waals surface area (Å²) in [5.41, 5.74) is -0.551. The molecule has 0 spiro atoms. The molecule has 0 rings (SSSR count). The molecule has 0 bridgehead atoms. The van der Waals surface area contributed by atoms with Gasteiger partial charge in [-0.05, 0) is 20.4 Å². The molecule has 13 heavy (non-hydrogen) atoms. The minimum atomic E-state index is -0.551. The average Bonchev–Trinajstić information content (AvgIpc) is 2.04. The number of hydrogen-bond donors (Lipinski definition) is 2. The Morgan fingerprint density at radius 3 is 2.62 bits per heavy atom. The van der Waals surface area contributed by atoms with Crippen molar-refractivity contribution in [3.8, 4) is 6.07 Å². The lowest BCUT2D eigenvalue weighted by molar-refractivity contribution is -0.126. The summed E-state index contributed by atoms with van der Waals surface area (Å²) in [4.78, 5) is 11.4. The second-order valence-electron chi connectivity index (χ2n) is 3.32. The third kappa shape index (κ3) is 4.48. The Balaban J connectivity index is 3.88. The van der Waals surface area contributed by atoms with Crippen LogP contribution in [0.4, 0.5) is 0 Å². The van der Waals surface area contributed by atoms with Crippen LogP contribution in [0.5, 0.6) is 0 Å². The van der Waals surface area contributed by atoms with Crippen LogP contribution in [0.1, 0.15) is 27.2 Å². The van der Waals surface area contributed by atoms with Crippen LogP contribution in [0.25, 0.3) is 0 Å². The van der Waals surface area contributed by atoms with Crippen LogP contribution < -0.4 is 10.6 Å². The van der Waals surface area contributed by atoms with E-state index < -0.39 is 5.54 Å². The molecule has 0 aliphatic heterocycles. The van der Waals surface area contributed by atoms with Crippen molar-refractivity contribution in [2.75, 3.05) is 13.1 Å². The zero-order valence-electron chi connectivity index (χ0n) is 8.48. The van der Waals surface area contributed by atoms with E-state index in [1.54, 1.807) is 0 Å². The van der Waals surface area contributed by atoms with E-state index in [-0.39, 0.29) is 5.91 Å². The molecule has 0 radical (unpaired) electrons. The molecule has 0 aliphatic carbocycles. The van der Waals surface area contributed by atoms with Crippen molar-refractivity contribution in [3.63, 3.8) is 0 Å². The molecule has 0 aromatic rings. The van der Waals surface area contributed by atoms with E-state index >= 15 is 0 Å². The van der Waals surface area contributed by atoms with Gasteiger partial charge in [-0.1, -0.05) is 6.92 Å². The Bertz CT molecular complexity index is 205. The van der Waals surface area contributed by atoms with Gasteiger partial charge >= 0.3 is 0 Å². The molecule has 4 nitrogen and oxygen atoms in total. The van der Waals surface area contributed by atoms with Gasteiger partial charge in [0.1, 0.15) is 0 Å². The lowest BCUT2D eigenvalue weighted by Crippen LogP contribution is -2.52. The van der Waals surface area contributed by atoms with Crippen molar-refractivity contribution in [3.05, 3.63) is 0 Å². The first-order valence-electron chi connectivity index (χ1n) is 4.45. The van der Waals surface area contributed by atoms with Gasteiger partial charge < -0.3 is 10.6 Å². The Kier molecular flexibility index (Phi) is 5.09. The Morgan fingerprint density at radius 1 is 1.54 bits per heavy atom. The van der Waals surface area contributed by atoms with Crippen LogP contribution >= 0.6 is 0 Å². The normalized spacial score (nSPS) is 10.6. The minimum absolute atomic E-state index is 0.0652. The van der Waals surface area contributed by atoms with Gasteiger partial charge in [-0.15, -0.1) is 0 Å². The van der Waals surface area contributed by atoms with E-state index in [0.29, 0.717) is 13.0 Å². The van der Waals surface area contributed by atoms with Gasteiger partial charge in [0.05, 0.1) is 18.0 Å². The second kappa shape index (κ2) is 5.55. The summed E-state index contributed by atoms with van der Waals surface area (Å²) in [6, 6.07) is 1.97. The first kappa shape index (κ1) is 11.9. The summed E-state index contributed by atoms with van der Waals surface area (Å²) in [6.45, 7) is 6.75. The Morgan fingerprint density at radius 2 is 2.15 bits per heavy atom.